The average Bonchev–Trinajstić information content (AvgIpc) is 3.24. The van der Waals surface area contributed by atoms with E-state index in [0.29, 0.717) is 11.6 Å². The Morgan fingerprint density at radius 2 is 1.95 bits per heavy atom. The number of aromatic hydroxyl groups is 1. The van der Waals surface area contributed by atoms with Gasteiger partial charge in [0.25, 0.3) is 0 Å². The molecule has 2 atom stereocenters. The second-order valence-corrected chi connectivity index (χ2v) is 5.42. The quantitative estimate of drug-likeness (QED) is 0.902. The van der Waals surface area contributed by atoms with Crippen molar-refractivity contribution in [3.8, 4) is 5.75 Å². The van der Waals surface area contributed by atoms with E-state index in [4.69, 9.17) is 11.6 Å². The predicted molar refractivity (Wildman–Crippen MR) is 79.0 cm³/mol. The van der Waals surface area contributed by atoms with E-state index in [2.05, 4.69) is 5.32 Å². The first-order valence-corrected chi connectivity index (χ1v) is 6.87. The van der Waals surface area contributed by atoms with Crippen molar-refractivity contribution in [2.75, 3.05) is 5.32 Å². The second-order valence-electron chi connectivity index (χ2n) is 5.01. The summed E-state index contributed by atoms with van der Waals surface area (Å²) in [5.41, 5.74) is 1.77. The minimum Gasteiger partial charge on any atom is -0.506 e. The van der Waals surface area contributed by atoms with Gasteiger partial charge in [-0.05, 0) is 30.0 Å². The first-order valence-electron chi connectivity index (χ1n) is 6.49. The summed E-state index contributed by atoms with van der Waals surface area (Å²) in [5.74, 6) is 0.271. The number of anilines is 1. The molecule has 1 aliphatic carbocycles. The number of rotatable bonds is 3. The van der Waals surface area contributed by atoms with Crippen LogP contribution in [0.2, 0.25) is 5.02 Å². The summed E-state index contributed by atoms with van der Waals surface area (Å²) in [6.07, 6.45) is 0.870. The van der Waals surface area contributed by atoms with Crippen LogP contribution in [-0.4, -0.2) is 11.0 Å². The molecule has 20 heavy (non-hydrogen) atoms. The van der Waals surface area contributed by atoms with Crippen LogP contribution in [0.1, 0.15) is 17.9 Å². The zero-order valence-corrected chi connectivity index (χ0v) is 11.5. The van der Waals surface area contributed by atoms with E-state index in [1.54, 1.807) is 12.1 Å². The Kier molecular flexibility index (Phi) is 3.36. The topological polar surface area (TPSA) is 49.3 Å². The van der Waals surface area contributed by atoms with Gasteiger partial charge in [0.05, 0.1) is 5.02 Å². The van der Waals surface area contributed by atoms with E-state index in [9.17, 15) is 9.90 Å². The molecule has 3 rings (SSSR count). The van der Waals surface area contributed by atoms with Crippen LogP contribution in [0.5, 0.6) is 5.75 Å². The fourth-order valence-electron chi connectivity index (χ4n) is 2.38. The van der Waals surface area contributed by atoms with Crippen LogP contribution in [0.3, 0.4) is 0 Å². The summed E-state index contributed by atoms with van der Waals surface area (Å²) in [6.45, 7) is 0. The summed E-state index contributed by atoms with van der Waals surface area (Å²) < 4.78 is 0. The normalized spacial score (nSPS) is 20.4. The summed E-state index contributed by atoms with van der Waals surface area (Å²) in [5, 5.41) is 12.6. The third-order valence-corrected chi connectivity index (χ3v) is 3.89. The molecule has 2 aromatic carbocycles. The maximum absolute atomic E-state index is 12.1. The van der Waals surface area contributed by atoms with Gasteiger partial charge < -0.3 is 10.4 Å². The zero-order chi connectivity index (χ0) is 14.1. The molecule has 0 radical (unpaired) electrons. The Morgan fingerprint density at radius 3 is 2.65 bits per heavy atom. The molecular formula is C16H14ClNO2. The smallest absolute Gasteiger partial charge is 0.228 e. The highest BCUT2D eigenvalue weighted by atomic mass is 35.5. The van der Waals surface area contributed by atoms with Crippen molar-refractivity contribution in [1.29, 1.82) is 0 Å². The summed E-state index contributed by atoms with van der Waals surface area (Å²) in [7, 11) is 0. The molecule has 0 bridgehead atoms. The highest BCUT2D eigenvalue weighted by molar-refractivity contribution is 6.32. The van der Waals surface area contributed by atoms with Gasteiger partial charge in [-0.2, -0.15) is 0 Å². The number of carbonyl (C=O) groups excluding carboxylic acids is 1. The van der Waals surface area contributed by atoms with Crippen LogP contribution >= 0.6 is 11.6 Å². The van der Waals surface area contributed by atoms with Crippen molar-refractivity contribution in [1.82, 2.24) is 0 Å². The van der Waals surface area contributed by atoms with Crippen LogP contribution in [-0.2, 0) is 4.79 Å². The predicted octanol–water partition coefficient (Wildman–Crippen LogP) is 3.79. The average molecular weight is 288 g/mol. The maximum atomic E-state index is 12.1. The van der Waals surface area contributed by atoms with Crippen LogP contribution < -0.4 is 5.32 Å². The van der Waals surface area contributed by atoms with Crippen molar-refractivity contribution in [2.24, 2.45) is 5.92 Å². The Balaban J connectivity index is 1.65. The molecule has 3 nitrogen and oxygen atoms in total. The molecule has 1 fully saturated rings. The van der Waals surface area contributed by atoms with Crippen molar-refractivity contribution in [3.05, 3.63) is 59.1 Å². The van der Waals surface area contributed by atoms with Gasteiger partial charge in [-0.15, -0.1) is 0 Å². The number of phenols is 1. The fourth-order valence-corrected chi connectivity index (χ4v) is 2.50. The van der Waals surface area contributed by atoms with Gasteiger partial charge in [-0.3, -0.25) is 4.79 Å². The molecule has 1 aliphatic rings. The van der Waals surface area contributed by atoms with Gasteiger partial charge in [-0.1, -0.05) is 41.9 Å². The third-order valence-electron chi connectivity index (χ3n) is 3.57. The molecule has 0 spiro atoms. The molecule has 102 valence electrons. The molecule has 0 aliphatic heterocycles. The van der Waals surface area contributed by atoms with Crippen molar-refractivity contribution >= 4 is 23.2 Å². The first-order chi connectivity index (χ1) is 9.65. The van der Waals surface area contributed by atoms with E-state index in [0.717, 1.165) is 6.42 Å². The molecule has 1 saturated carbocycles. The molecular weight excluding hydrogens is 274 g/mol. The SMILES string of the molecule is O=C(Nc1ccc(Cl)c(O)c1)C1CC1c1ccccc1. The minimum absolute atomic E-state index is 0.00946. The maximum Gasteiger partial charge on any atom is 0.228 e. The Hall–Kier alpha value is -2.00. The number of hydrogen-bond donors (Lipinski definition) is 2. The Morgan fingerprint density at radius 1 is 1.20 bits per heavy atom. The molecule has 4 heteroatoms. The number of amides is 1. The van der Waals surface area contributed by atoms with Crippen LogP contribution in [0, 0.1) is 5.92 Å². The van der Waals surface area contributed by atoms with E-state index in [1.165, 1.54) is 11.6 Å². The van der Waals surface area contributed by atoms with Crippen molar-refractivity contribution in [3.63, 3.8) is 0 Å². The lowest BCUT2D eigenvalue weighted by molar-refractivity contribution is -0.117. The van der Waals surface area contributed by atoms with Gasteiger partial charge >= 0.3 is 0 Å². The van der Waals surface area contributed by atoms with E-state index in [1.807, 2.05) is 30.3 Å². The summed E-state index contributed by atoms with van der Waals surface area (Å²) in [6, 6.07) is 14.7. The number of carbonyl (C=O) groups is 1. The molecule has 0 saturated heterocycles. The lowest BCUT2D eigenvalue weighted by Gasteiger charge is -2.06. The Labute approximate surface area is 122 Å². The summed E-state index contributed by atoms with van der Waals surface area (Å²) in [4.78, 5) is 12.1. The van der Waals surface area contributed by atoms with Crippen LogP contribution in [0.25, 0.3) is 0 Å². The number of benzene rings is 2. The largest absolute Gasteiger partial charge is 0.506 e. The highest BCUT2D eigenvalue weighted by Gasteiger charge is 2.43. The lowest BCUT2D eigenvalue weighted by Crippen LogP contribution is -2.14. The van der Waals surface area contributed by atoms with E-state index < -0.39 is 0 Å². The summed E-state index contributed by atoms with van der Waals surface area (Å²) >= 11 is 5.73. The molecule has 2 aromatic rings. The molecule has 0 heterocycles. The van der Waals surface area contributed by atoms with Crippen LogP contribution in [0.4, 0.5) is 5.69 Å². The lowest BCUT2D eigenvalue weighted by atomic mass is 10.1. The van der Waals surface area contributed by atoms with E-state index in [-0.39, 0.29) is 22.6 Å². The van der Waals surface area contributed by atoms with Gasteiger partial charge in [0.15, 0.2) is 0 Å². The number of nitrogens with one attached hydrogen (secondary N) is 1. The van der Waals surface area contributed by atoms with E-state index >= 15 is 0 Å². The van der Waals surface area contributed by atoms with Gasteiger partial charge in [0.1, 0.15) is 5.75 Å². The first kappa shape index (κ1) is 13.0. The van der Waals surface area contributed by atoms with Crippen molar-refractivity contribution < 1.29 is 9.90 Å². The molecule has 2 unspecified atom stereocenters. The standard InChI is InChI=1S/C16H14ClNO2/c17-14-7-6-11(8-15(14)19)18-16(20)13-9-12(13)10-4-2-1-3-5-10/h1-8,12-13,19H,9H2,(H,18,20). The highest BCUT2D eigenvalue weighted by Crippen LogP contribution is 2.47. The second kappa shape index (κ2) is 5.17. The Bertz CT molecular complexity index is 642. The third kappa shape index (κ3) is 2.63. The van der Waals surface area contributed by atoms with Crippen LogP contribution in [0.15, 0.2) is 48.5 Å². The van der Waals surface area contributed by atoms with Crippen molar-refractivity contribution in [2.45, 2.75) is 12.3 Å². The molecule has 2 N–H and O–H groups in total. The fraction of sp³-hybridized carbons (Fsp3) is 0.188. The van der Waals surface area contributed by atoms with Gasteiger partial charge in [0, 0.05) is 17.7 Å². The molecule has 0 aromatic heterocycles. The zero-order valence-electron chi connectivity index (χ0n) is 10.7. The number of halogens is 1. The monoisotopic (exact) mass is 287 g/mol. The number of phenolic OH excluding ortho intramolecular Hbond substituents is 1. The number of hydrogen-bond acceptors (Lipinski definition) is 2. The molecule has 1 amide bonds. The van der Waals surface area contributed by atoms with Gasteiger partial charge in [0.2, 0.25) is 5.91 Å². The minimum atomic E-state index is -0.0279. The van der Waals surface area contributed by atoms with Gasteiger partial charge in [-0.25, -0.2) is 0 Å².